The molecule has 29 heavy (non-hydrogen) atoms. The highest BCUT2D eigenvalue weighted by Crippen LogP contribution is 2.27. The zero-order chi connectivity index (χ0) is 21.2. The van der Waals surface area contributed by atoms with Crippen LogP contribution in [-0.2, 0) is 12.5 Å². The van der Waals surface area contributed by atoms with E-state index in [0.717, 1.165) is 63.4 Å². The van der Waals surface area contributed by atoms with E-state index in [-0.39, 0.29) is 11.0 Å². The summed E-state index contributed by atoms with van der Waals surface area (Å²) in [5.74, 6) is 1.14. The van der Waals surface area contributed by atoms with Gasteiger partial charge in [-0.05, 0) is 18.9 Å². The van der Waals surface area contributed by atoms with Crippen LogP contribution in [0.25, 0.3) is 11.0 Å². The number of H-pyrrole nitrogens is 1. The molecule has 0 radical (unpaired) electrons. The van der Waals surface area contributed by atoms with Crippen LogP contribution in [-0.4, -0.2) is 70.5 Å². The molecule has 0 saturated carbocycles. The summed E-state index contributed by atoms with van der Waals surface area (Å²) in [5, 5.41) is 8.01. The molecule has 1 fully saturated rings. The normalized spacial score (nSPS) is 16.1. The second-order valence-corrected chi connectivity index (χ2v) is 9.59. The Hall–Kier alpha value is -1.93. The monoisotopic (exact) mass is 403 g/mol. The molecule has 0 aromatic carbocycles. The van der Waals surface area contributed by atoms with Crippen molar-refractivity contribution < 1.29 is 0 Å². The molecular weight excluding hydrogens is 366 g/mol. The molecule has 1 aliphatic heterocycles. The molecule has 0 atom stereocenters. The summed E-state index contributed by atoms with van der Waals surface area (Å²) in [6, 6.07) is 0. The fourth-order valence-corrected chi connectivity index (χ4v) is 3.97. The van der Waals surface area contributed by atoms with Crippen LogP contribution in [0.1, 0.15) is 46.7 Å². The Labute approximate surface area is 173 Å². The zero-order valence-electron chi connectivity index (χ0n) is 18.9. The summed E-state index contributed by atoms with van der Waals surface area (Å²) in [4.78, 5) is 25.5. The molecule has 0 bridgehead atoms. The minimum absolute atomic E-state index is 0.119. The summed E-state index contributed by atoms with van der Waals surface area (Å²) in [6.07, 6.45) is 1.05. The Balaban J connectivity index is 1.87. The van der Waals surface area contributed by atoms with Crippen LogP contribution in [0.15, 0.2) is 4.79 Å². The van der Waals surface area contributed by atoms with Crippen LogP contribution in [0.3, 0.4) is 0 Å². The average molecular weight is 404 g/mol. The first-order valence-electron chi connectivity index (χ1n) is 10.8. The van der Waals surface area contributed by atoms with Crippen LogP contribution in [0.4, 0.5) is 5.95 Å². The maximum Gasteiger partial charge on any atom is 0.278 e. The highest BCUT2D eigenvalue weighted by atomic mass is 16.1. The third-order valence-electron chi connectivity index (χ3n) is 5.39. The maximum absolute atomic E-state index is 12.9. The van der Waals surface area contributed by atoms with Crippen molar-refractivity contribution in [3.8, 4) is 0 Å². The van der Waals surface area contributed by atoms with Gasteiger partial charge in [0.1, 0.15) is 5.52 Å². The van der Waals surface area contributed by atoms with Gasteiger partial charge in [0.2, 0.25) is 5.95 Å². The van der Waals surface area contributed by atoms with Crippen molar-refractivity contribution in [1.29, 1.82) is 0 Å². The van der Waals surface area contributed by atoms with Gasteiger partial charge in [-0.3, -0.25) is 14.5 Å². The van der Waals surface area contributed by atoms with Crippen LogP contribution in [0, 0.1) is 5.92 Å². The Morgan fingerprint density at radius 2 is 1.90 bits per heavy atom. The van der Waals surface area contributed by atoms with Crippen LogP contribution >= 0.6 is 0 Å². The summed E-state index contributed by atoms with van der Waals surface area (Å²) in [6.45, 7) is 17.9. The second-order valence-electron chi connectivity index (χ2n) is 9.59. The lowest BCUT2D eigenvalue weighted by atomic mass is 9.91. The van der Waals surface area contributed by atoms with Crippen molar-refractivity contribution in [3.63, 3.8) is 0 Å². The second kappa shape index (κ2) is 8.83. The van der Waals surface area contributed by atoms with Gasteiger partial charge in [0.25, 0.3) is 5.56 Å². The number of nitrogens with one attached hydrogen (secondary N) is 2. The van der Waals surface area contributed by atoms with Gasteiger partial charge in [0.05, 0.1) is 5.69 Å². The maximum atomic E-state index is 12.9. The van der Waals surface area contributed by atoms with E-state index in [1.165, 1.54) is 0 Å². The van der Waals surface area contributed by atoms with Gasteiger partial charge in [0, 0.05) is 51.7 Å². The van der Waals surface area contributed by atoms with E-state index in [0.29, 0.717) is 17.4 Å². The van der Waals surface area contributed by atoms with E-state index >= 15 is 0 Å². The van der Waals surface area contributed by atoms with Crippen molar-refractivity contribution in [2.45, 2.75) is 46.5 Å². The summed E-state index contributed by atoms with van der Waals surface area (Å²) >= 11 is 0. The average Bonchev–Trinajstić information content (AvgIpc) is 2.99. The highest BCUT2D eigenvalue weighted by Gasteiger charge is 2.26. The number of aromatic nitrogens is 4. The standard InChI is InChI=1S/C21H37N7O/c1-15(2)14-28(11-7-10-27-12-8-22-9-13-27)20-23-16-17(19(29)24-20)26(6)25-18(16)21(3,4)5/h15,22H,7-14H2,1-6H3,(H,23,24,29). The number of rotatable bonds is 7. The van der Waals surface area contributed by atoms with Gasteiger partial charge in [0.15, 0.2) is 5.52 Å². The number of aromatic amines is 1. The van der Waals surface area contributed by atoms with E-state index in [4.69, 9.17) is 4.98 Å². The number of hydrogen-bond acceptors (Lipinski definition) is 6. The first-order chi connectivity index (χ1) is 13.7. The van der Waals surface area contributed by atoms with Crippen molar-refractivity contribution in [3.05, 3.63) is 16.0 Å². The Kier molecular flexibility index (Phi) is 6.63. The molecule has 2 aromatic rings. The third-order valence-corrected chi connectivity index (χ3v) is 5.39. The number of nitrogens with zero attached hydrogens (tertiary/aromatic N) is 5. The van der Waals surface area contributed by atoms with Gasteiger partial charge in [-0.2, -0.15) is 5.10 Å². The molecule has 2 N–H and O–H groups in total. The van der Waals surface area contributed by atoms with Crippen LogP contribution < -0.4 is 15.8 Å². The summed E-state index contributed by atoms with van der Waals surface area (Å²) in [5.41, 5.74) is 1.83. The van der Waals surface area contributed by atoms with E-state index in [1.807, 2.05) is 7.05 Å². The fourth-order valence-electron chi connectivity index (χ4n) is 3.97. The molecule has 0 amide bonds. The minimum Gasteiger partial charge on any atom is -0.342 e. The summed E-state index contributed by atoms with van der Waals surface area (Å²) < 4.78 is 1.66. The zero-order valence-corrected chi connectivity index (χ0v) is 18.9. The fraction of sp³-hybridized carbons (Fsp3) is 0.762. The van der Waals surface area contributed by atoms with Crippen molar-refractivity contribution in [1.82, 2.24) is 30.0 Å². The number of anilines is 1. The van der Waals surface area contributed by atoms with E-state index in [2.05, 4.69) is 59.8 Å². The van der Waals surface area contributed by atoms with Crippen LogP contribution in [0.5, 0.6) is 0 Å². The molecule has 8 heteroatoms. The lowest BCUT2D eigenvalue weighted by Gasteiger charge is -2.29. The van der Waals surface area contributed by atoms with E-state index in [1.54, 1.807) is 4.68 Å². The third kappa shape index (κ3) is 5.17. The van der Waals surface area contributed by atoms with Gasteiger partial charge >= 0.3 is 0 Å². The molecule has 3 rings (SSSR count). The molecule has 2 aromatic heterocycles. The van der Waals surface area contributed by atoms with Crippen LogP contribution in [0.2, 0.25) is 0 Å². The Morgan fingerprint density at radius 3 is 2.52 bits per heavy atom. The predicted molar refractivity (Wildman–Crippen MR) is 119 cm³/mol. The van der Waals surface area contributed by atoms with Gasteiger partial charge in [-0.15, -0.1) is 0 Å². The first kappa shape index (κ1) is 21.8. The van der Waals surface area contributed by atoms with Crippen molar-refractivity contribution >= 4 is 17.0 Å². The number of piperazine rings is 1. The molecule has 0 spiro atoms. The number of aryl methyl sites for hydroxylation is 1. The van der Waals surface area contributed by atoms with E-state index < -0.39 is 0 Å². The Morgan fingerprint density at radius 1 is 1.21 bits per heavy atom. The summed E-state index contributed by atoms with van der Waals surface area (Å²) in [7, 11) is 1.81. The highest BCUT2D eigenvalue weighted by molar-refractivity contribution is 5.78. The SMILES string of the molecule is CC(C)CN(CCCN1CCNCC1)c1nc2c(C(C)(C)C)nn(C)c2c(=O)[nH]1. The Bertz CT molecular complexity index is 872. The predicted octanol–water partition coefficient (Wildman–Crippen LogP) is 1.71. The molecule has 3 heterocycles. The first-order valence-corrected chi connectivity index (χ1v) is 10.8. The molecule has 1 saturated heterocycles. The van der Waals surface area contributed by atoms with Gasteiger partial charge < -0.3 is 15.1 Å². The van der Waals surface area contributed by atoms with Gasteiger partial charge in [-0.25, -0.2) is 4.98 Å². The molecular formula is C21H37N7O. The van der Waals surface area contributed by atoms with Crippen molar-refractivity contribution in [2.24, 2.45) is 13.0 Å². The quantitative estimate of drug-likeness (QED) is 0.732. The van der Waals surface area contributed by atoms with Gasteiger partial charge in [-0.1, -0.05) is 34.6 Å². The lowest BCUT2D eigenvalue weighted by molar-refractivity contribution is 0.239. The molecule has 8 nitrogen and oxygen atoms in total. The molecule has 0 aliphatic carbocycles. The number of hydrogen-bond donors (Lipinski definition) is 2. The minimum atomic E-state index is -0.178. The van der Waals surface area contributed by atoms with Crippen molar-refractivity contribution in [2.75, 3.05) is 50.7 Å². The topological polar surface area (TPSA) is 82.1 Å². The lowest BCUT2D eigenvalue weighted by Crippen LogP contribution is -2.44. The number of fused-ring (bicyclic) bond motifs is 1. The smallest absolute Gasteiger partial charge is 0.278 e. The molecule has 0 unspecified atom stereocenters. The molecule has 1 aliphatic rings. The largest absolute Gasteiger partial charge is 0.342 e. The molecule has 162 valence electrons. The van der Waals surface area contributed by atoms with E-state index in [9.17, 15) is 4.79 Å².